The molecule has 0 atom stereocenters. The van der Waals surface area contributed by atoms with Crippen LogP contribution in [0.4, 0.5) is 8.78 Å². The molecule has 0 saturated heterocycles. The maximum atomic E-state index is 15.0. The van der Waals surface area contributed by atoms with E-state index < -0.39 is 11.6 Å². The summed E-state index contributed by atoms with van der Waals surface area (Å²) in [4.78, 5) is 2.27. The number of halogens is 2. The minimum Gasteiger partial charge on any atom is -0.316 e. The molecule has 0 amide bonds. The first-order chi connectivity index (χ1) is 16.0. The van der Waals surface area contributed by atoms with Gasteiger partial charge in [-0.2, -0.15) is 10.4 Å². The lowest BCUT2D eigenvalue weighted by Crippen LogP contribution is -2.26. The fourth-order valence-corrected chi connectivity index (χ4v) is 4.62. The van der Waals surface area contributed by atoms with E-state index in [1.807, 2.05) is 6.07 Å². The minimum atomic E-state index is -0.696. The number of nitrogens with one attached hydrogen (secondary N) is 2. The van der Waals surface area contributed by atoms with Gasteiger partial charge in [-0.15, -0.1) is 0 Å². The number of aromatic nitrogens is 2. The number of nitrogens with zero attached hydrogens (tertiary/aromatic N) is 3. The van der Waals surface area contributed by atoms with Crippen LogP contribution >= 0.6 is 0 Å². The highest BCUT2D eigenvalue weighted by molar-refractivity contribution is 5.97. The largest absolute Gasteiger partial charge is 0.316 e. The molecule has 0 aliphatic carbocycles. The Hall–Kier alpha value is -3.60. The number of H-pyrrole nitrogens is 1. The van der Waals surface area contributed by atoms with E-state index in [-0.39, 0.29) is 16.7 Å². The second-order valence-corrected chi connectivity index (χ2v) is 8.56. The van der Waals surface area contributed by atoms with Gasteiger partial charge in [-0.05, 0) is 67.5 Å². The van der Waals surface area contributed by atoms with E-state index >= 15 is 8.78 Å². The average Bonchev–Trinajstić information content (AvgIpc) is 3.20. The topological polar surface area (TPSA) is 67.7 Å². The fourth-order valence-electron chi connectivity index (χ4n) is 4.62. The van der Waals surface area contributed by atoms with Gasteiger partial charge < -0.3 is 10.2 Å². The summed E-state index contributed by atoms with van der Waals surface area (Å²) in [5.74, 6) is -1.39. The predicted octanol–water partition coefficient (Wildman–Crippen LogP) is 4.75. The molecule has 33 heavy (non-hydrogen) atoms. The number of fused-ring (bicyclic) bond motifs is 2. The van der Waals surface area contributed by atoms with Crippen molar-refractivity contribution in [3.8, 4) is 28.5 Å². The molecule has 0 fully saturated rings. The maximum absolute atomic E-state index is 15.0. The van der Waals surface area contributed by atoms with Crippen molar-refractivity contribution in [2.75, 3.05) is 20.6 Å². The smallest absolute Gasteiger partial charge is 0.134 e. The summed E-state index contributed by atoms with van der Waals surface area (Å²) in [5, 5.41) is 20.8. The summed E-state index contributed by atoms with van der Waals surface area (Å²) in [6.45, 7) is 2.24. The van der Waals surface area contributed by atoms with Crippen molar-refractivity contribution in [3.63, 3.8) is 0 Å². The lowest BCUT2D eigenvalue weighted by atomic mass is 9.93. The molecule has 5 rings (SSSR count). The van der Waals surface area contributed by atoms with Gasteiger partial charge in [0.25, 0.3) is 0 Å². The molecule has 0 spiro atoms. The number of benzene rings is 3. The van der Waals surface area contributed by atoms with E-state index in [0.29, 0.717) is 28.7 Å². The average molecular weight is 444 g/mol. The monoisotopic (exact) mass is 443 g/mol. The van der Waals surface area contributed by atoms with E-state index in [1.54, 1.807) is 19.2 Å². The molecule has 0 radical (unpaired) electrons. The van der Waals surface area contributed by atoms with E-state index in [2.05, 4.69) is 45.7 Å². The zero-order chi connectivity index (χ0) is 23.1. The van der Waals surface area contributed by atoms with Crippen molar-refractivity contribution in [1.29, 1.82) is 5.26 Å². The zero-order valence-electron chi connectivity index (χ0n) is 18.5. The van der Waals surface area contributed by atoms with Gasteiger partial charge in [-0.3, -0.25) is 5.10 Å². The van der Waals surface area contributed by atoms with Crippen LogP contribution in [0.3, 0.4) is 0 Å². The van der Waals surface area contributed by atoms with Crippen LogP contribution in [0.1, 0.15) is 22.3 Å². The van der Waals surface area contributed by atoms with Crippen LogP contribution in [0.5, 0.6) is 0 Å². The van der Waals surface area contributed by atoms with Gasteiger partial charge in [-0.1, -0.05) is 12.1 Å². The van der Waals surface area contributed by atoms with Crippen molar-refractivity contribution in [1.82, 2.24) is 20.4 Å². The Kier molecular flexibility index (Phi) is 5.41. The molecule has 5 nitrogen and oxygen atoms in total. The molecule has 4 aromatic rings. The van der Waals surface area contributed by atoms with Gasteiger partial charge in [-0.25, -0.2) is 8.78 Å². The third kappa shape index (κ3) is 3.78. The molecule has 2 N–H and O–H groups in total. The molecule has 7 heteroatoms. The number of rotatable bonds is 4. The zero-order valence-corrected chi connectivity index (χ0v) is 18.5. The Labute approximate surface area is 190 Å². The highest BCUT2D eigenvalue weighted by Gasteiger charge is 2.21. The lowest BCUT2D eigenvalue weighted by molar-refractivity contribution is 0.313. The van der Waals surface area contributed by atoms with Crippen molar-refractivity contribution in [2.24, 2.45) is 0 Å². The molecule has 2 heterocycles. The second kappa shape index (κ2) is 8.39. The van der Waals surface area contributed by atoms with Gasteiger partial charge in [0.15, 0.2) is 0 Å². The fraction of sp³-hybridized carbons (Fsp3) is 0.231. The predicted molar refractivity (Wildman–Crippen MR) is 124 cm³/mol. The van der Waals surface area contributed by atoms with Crippen LogP contribution in [0.2, 0.25) is 0 Å². The minimum absolute atomic E-state index is 0.184. The first-order valence-corrected chi connectivity index (χ1v) is 10.8. The van der Waals surface area contributed by atoms with Gasteiger partial charge in [0.2, 0.25) is 0 Å². The highest BCUT2D eigenvalue weighted by Crippen LogP contribution is 2.36. The molecule has 0 unspecified atom stereocenters. The van der Waals surface area contributed by atoms with Crippen LogP contribution < -0.4 is 5.32 Å². The SMILES string of the molecule is CNCc1cc(F)c(-c2cc3c(-c4ccc5c(c4)CN(C)CC5)n[nH]c3cc2C#N)c(F)c1. The molecule has 3 aromatic carbocycles. The van der Waals surface area contributed by atoms with E-state index in [9.17, 15) is 5.26 Å². The van der Waals surface area contributed by atoms with Crippen LogP contribution in [0.25, 0.3) is 33.3 Å². The standard InChI is InChI=1S/C26H23F2N5/c1-30-13-15-7-22(27)25(23(28)8-15)20-11-21-24(10-18(20)12-29)31-32-26(21)17-4-3-16-5-6-33(2)14-19(16)9-17/h3-4,7-11,30H,5-6,13-14H2,1-2H3,(H,31,32). The lowest BCUT2D eigenvalue weighted by Gasteiger charge is -2.25. The van der Waals surface area contributed by atoms with Gasteiger partial charge in [0.1, 0.15) is 11.6 Å². The number of likely N-dealkylation sites (N-methyl/N-ethyl adjacent to an activating group) is 1. The normalized spacial score (nSPS) is 13.8. The Bertz CT molecular complexity index is 1390. The highest BCUT2D eigenvalue weighted by atomic mass is 19.1. The number of hydrogen-bond donors (Lipinski definition) is 2. The molecular formula is C26H23F2N5. The number of aromatic amines is 1. The summed E-state index contributed by atoms with van der Waals surface area (Å²) in [5.41, 5.74) is 5.55. The Morgan fingerprint density at radius 3 is 2.64 bits per heavy atom. The van der Waals surface area contributed by atoms with Crippen molar-refractivity contribution in [2.45, 2.75) is 19.5 Å². The molecule has 1 aliphatic rings. The van der Waals surface area contributed by atoms with Gasteiger partial charge >= 0.3 is 0 Å². The maximum Gasteiger partial charge on any atom is 0.134 e. The van der Waals surface area contributed by atoms with Crippen LogP contribution in [-0.4, -0.2) is 35.7 Å². The molecule has 166 valence electrons. The first-order valence-electron chi connectivity index (χ1n) is 10.8. The van der Waals surface area contributed by atoms with Crippen LogP contribution in [0, 0.1) is 23.0 Å². The van der Waals surface area contributed by atoms with Crippen LogP contribution in [-0.2, 0) is 19.5 Å². The Balaban J connectivity index is 1.67. The van der Waals surface area contributed by atoms with Gasteiger partial charge in [0.05, 0.1) is 28.4 Å². The third-order valence-electron chi connectivity index (χ3n) is 6.26. The molecule has 0 bridgehead atoms. The van der Waals surface area contributed by atoms with Crippen molar-refractivity contribution >= 4 is 10.9 Å². The summed E-state index contributed by atoms with van der Waals surface area (Å²) in [7, 11) is 3.81. The number of hydrogen-bond acceptors (Lipinski definition) is 4. The van der Waals surface area contributed by atoms with E-state index in [0.717, 1.165) is 25.1 Å². The summed E-state index contributed by atoms with van der Waals surface area (Å²) in [6.07, 6.45) is 1.01. The quantitative estimate of drug-likeness (QED) is 0.478. The summed E-state index contributed by atoms with van der Waals surface area (Å²) >= 11 is 0. The molecular weight excluding hydrogens is 420 g/mol. The third-order valence-corrected chi connectivity index (χ3v) is 6.26. The van der Waals surface area contributed by atoms with E-state index in [4.69, 9.17) is 0 Å². The Morgan fingerprint density at radius 2 is 1.91 bits per heavy atom. The molecule has 1 aromatic heterocycles. The van der Waals surface area contributed by atoms with Gasteiger partial charge in [0, 0.05) is 36.1 Å². The van der Waals surface area contributed by atoms with E-state index in [1.165, 1.54) is 23.3 Å². The first kappa shape index (κ1) is 21.3. The summed E-state index contributed by atoms with van der Waals surface area (Å²) in [6, 6.07) is 14.2. The second-order valence-electron chi connectivity index (χ2n) is 8.56. The Morgan fingerprint density at radius 1 is 1.12 bits per heavy atom. The van der Waals surface area contributed by atoms with Crippen molar-refractivity contribution in [3.05, 3.63) is 76.4 Å². The van der Waals surface area contributed by atoms with Crippen LogP contribution in [0.15, 0.2) is 42.5 Å². The van der Waals surface area contributed by atoms with Crippen molar-refractivity contribution < 1.29 is 8.78 Å². The molecule has 1 aliphatic heterocycles. The molecule has 0 saturated carbocycles. The summed E-state index contributed by atoms with van der Waals surface area (Å²) < 4.78 is 30.0. The number of nitriles is 1.